The highest BCUT2D eigenvalue weighted by Crippen LogP contribution is 2.25. The predicted molar refractivity (Wildman–Crippen MR) is 72.5 cm³/mol. The van der Waals surface area contributed by atoms with Crippen LogP contribution in [0.25, 0.3) is 0 Å². The fourth-order valence-corrected chi connectivity index (χ4v) is 2.94. The highest BCUT2D eigenvalue weighted by atomic mass is 16.3. The second-order valence-corrected chi connectivity index (χ2v) is 6.10. The van der Waals surface area contributed by atoms with Crippen LogP contribution in [0.3, 0.4) is 0 Å². The van der Waals surface area contributed by atoms with Crippen LogP contribution < -0.4 is 0 Å². The maximum absolute atomic E-state index is 9.03. The van der Waals surface area contributed by atoms with Crippen molar-refractivity contribution in [1.29, 1.82) is 0 Å². The summed E-state index contributed by atoms with van der Waals surface area (Å²) in [6.07, 6.45) is 6.53. The number of aliphatic hydroxyl groups excluding tert-OH is 1. The van der Waals surface area contributed by atoms with Crippen LogP contribution >= 0.6 is 0 Å². The van der Waals surface area contributed by atoms with E-state index in [2.05, 4.69) is 34.6 Å². The molecular formula is C15H32O. The van der Waals surface area contributed by atoms with E-state index < -0.39 is 0 Å². The van der Waals surface area contributed by atoms with Crippen LogP contribution in [0.1, 0.15) is 66.7 Å². The molecule has 0 aromatic carbocycles. The molecule has 1 nitrogen and oxygen atoms in total. The zero-order valence-corrected chi connectivity index (χ0v) is 12.0. The molecule has 0 saturated heterocycles. The lowest BCUT2D eigenvalue weighted by molar-refractivity contribution is 0.204. The third kappa shape index (κ3) is 8.15. The normalized spacial score (nSPS) is 19.1. The molecule has 16 heavy (non-hydrogen) atoms. The maximum atomic E-state index is 9.03. The van der Waals surface area contributed by atoms with Gasteiger partial charge in [0.2, 0.25) is 0 Å². The van der Waals surface area contributed by atoms with Crippen molar-refractivity contribution < 1.29 is 5.11 Å². The first-order valence-electron chi connectivity index (χ1n) is 7.10. The molecule has 0 unspecified atom stereocenters. The Labute approximate surface area is 103 Å². The predicted octanol–water partition coefficient (Wildman–Crippen LogP) is 4.49. The van der Waals surface area contributed by atoms with Crippen molar-refractivity contribution in [2.45, 2.75) is 66.7 Å². The van der Waals surface area contributed by atoms with Crippen LogP contribution in [0.15, 0.2) is 0 Å². The molecule has 0 aliphatic carbocycles. The highest BCUT2D eigenvalue weighted by molar-refractivity contribution is 4.65. The first-order valence-corrected chi connectivity index (χ1v) is 7.10. The minimum absolute atomic E-state index is 0.338. The Kier molecular flexibility index (Phi) is 9.02. The summed E-state index contributed by atoms with van der Waals surface area (Å²) in [5.41, 5.74) is 0. The van der Waals surface area contributed by atoms with E-state index in [1.54, 1.807) is 0 Å². The van der Waals surface area contributed by atoms with Gasteiger partial charge in [-0.25, -0.2) is 0 Å². The number of aliphatic hydroxyl groups is 1. The van der Waals surface area contributed by atoms with Crippen molar-refractivity contribution in [3.05, 3.63) is 0 Å². The molecule has 0 heterocycles. The fourth-order valence-electron chi connectivity index (χ4n) is 2.94. The molecule has 0 rings (SSSR count). The minimum Gasteiger partial charge on any atom is -0.396 e. The van der Waals surface area contributed by atoms with Crippen LogP contribution in [-0.2, 0) is 0 Å². The largest absolute Gasteiger partial charge is 0.396 e. The topological polar surface area (TPSA) is 20.2 Å². The van der Waals surface area contributed by atoms with Gasteiger partial charge in [-0.3, -0.25) is 0 Å². The lowest BCUT2D eigenvalue weighted by atomic mass is 9.85. The number of hydrogen-bond donors (Lipinski definition) is 1. The van der Waals surface area contributed by atoms with Crippen LogP contribution in [0.5, 0.6) is 0 Å². The van der Waals surface area contributed by atoms with Gasteiger partial charge in [0.05, 0.1) is 0 Å². The van der Waals surface area contributed by atoms with E-state index in [1.165, 1.54) is 32.1 Å². The van der Waals surface area contributed by atoms with Gasteiger partial charge in [0.1, 0.15) is 0 Å². The van der Waals surface area contributed by atoms with Crippen LogP contribution in [0, 0.1) is 23.7 Å². The zero-order chi connectivity index (χ0) is 12.6. The Morgan fingerprint density at radius 2 is 1.19 bits per heavy atom. The Bertz CT molecular complexity index is 156. The van der Waals surface area contributed by atoms with Gasteiger partial charge in [-0.2, -0.15) is 0 Å². The van der Waals surface area contributed by atoms with Gasteiger partial charge in [0, 0.05) is 6.61 Å². The third-order valence-electron chi connectivity index (χ3n) is 3.51. The van der Waals surface area contributed by atoms with Crippen LogP contribution in [0.2, 0.25) is 0 Å². The average molecular weight is 228 g/mol. The summed E-state index contributed by atoms with van der Waals surface area (Å²) in [4.78, 5) is 0. The van der Waals surface area contributed by atoms with Gasteiger partial charge < -0.3 is 5.11 Å². The molecule has 1 N–H and O–H groups in total. The Hall–Kier alpha value is -0.0400. The molecule has 0 saturated carbocycles. The summed E-state index contributed by atoms with van der Waals surface area (Å²) < 4.78 is 0. The van der Waals surface area contributed by atoms with Crippen LogP contribution in [0.4, 0.5) is 0 Å². The summed E-state index contributed by atoms with van der Waals surface area (Å²) in [6.45, 7) is 11.8. The molecule has 0 aliphatic heterocycles. The lowest BCUT2D eigenvalue weighted by Crippen LogP contribution is -2.12. The summed E-state index contributed by atoms with van der Waals surface area (Å²) >= 11 is 0. The summed E-state index contributed by atoms with van der Waals surface area (Å²) in [5.74, 6) is 2.94. The second-order valence-electron chi connectivity index (χ2n) is 6.10. The molecule has 0 bridgehead atoms. The molecular weight excluding hydrogens is 196 g/mol. The van der Waals surface area contributed by atoms with Gasteiger partial charge >= 0.3 is 0 Å². The fraction of sp³-hybridized carbons (Fsp3) is 1.00. The number of hydrogen-bond acceptors (Lipinski definition) is 1. The number of rotatable bonds is 9. The molecule has 1 heteroatoms. The second kappa shape index (κ2) is 9.04. The van der Waals surface area contributed by atoms with E-state index in [0.29, 0.717) is 12.5 Å². The average Bonchev–Trinajstić information content (AvgIpc) is 2.16. The molecule has 98 valence electrons. The lowest BCUT2D eigenvalue weighted by Gasteiger charge is -2.22. The molecule has 0 radical (unpaired) electrons. The van der Waals surface area contributed by atoms with E-state index in [0.717, 1.165) is 17.8 Å². The zero-order valence-electron chi connectivity index (χ0n) is 12.0. The van der Waals surface area contributed by atoms with Crippen molar-refractivity contribution in [3.8, 4) is 0 Å². The van der Waals surface area contributed by atoms with E-state index in [-0.39, 0.29) is 0 Å². The van der Waals surface area contributed by atoms with E-state index in [9.17, 15) is 0 Å². The molecule has 4 atom stereocenters. The first-order chi connectivity index (χ1) is 7.49. The molecule has 0 fully saturated rings. The monoisotopic (exact) mass is 228 g/mol. The van der Waals surface area contributed by atoms with Crippen molar-refractivity contribution >= 4 is 0 Å². The van der Waals surface area contributed by atoms with Gasteiger partial charge in [0.15, 0.2) is 0 Å². The Morgan fingerprint density at radius 1 is 0.750 bits per heavy atom. The van der Waals surface area contributed by atoms with E-state index in [4.69, 9.17) is 5.11 Å². The van der Waals surface area contributed by atoms with Gasteiger partial charge in [-0.15, -0.1) is 0 Å². The standard InChI is InChI=1S/C15H32O/c1-6-7-12(2)8-13(3)9-14(4)10-15(5)11-16/h12-16H,6-11H2,1-5H3/t12-,13+,14-,15+/m0/s1. The van der Waals surface area contributed by atoms with Crippen molar-refractivity contribution in [2.75, 3.05) is 6.61 Å². The van der Waals surface area contributed by atoms with E-state index in [1.807, 2.05) is 0 Å². The molecule has 0 amide bonds. The van der Waals surface area contributed by atoms with Gasteiger partial charge in [-0.05, 0) is 42.9 Å². The first kappa shape index (κ1) is 16.0. The van der Waals surface area contributed by atoms with Crippen LogP contribution in [-0.4, -0.2) is 11.7 Å². The maximum Gasteiger partial charge on any atom is 0.0456 e. The Morgan fingerprint density at radius 3 is 1.62 bits per heavy atom. The smallest absolute Gasteiger partial charge is 0.0456 e. The van der Waals surface area contributed by atoms with Crippen molar-refractivity contribution in [3.63, 3.8) is 0 Å². The quantitative estimate of drug-likeness (QED) is 0.616. The highest BCUT2D eigenvalue weighted by Gasteiger charge is 2.14. The molecule has 0 aromatic heterocycles. The minimum atomic E-state index is 0.338. The van der Waals surface area contributed by atoms with E-state index >= 15 is 0 Å². The molecule has 0 aliphatic rings. The molecule has 0 aromatic rings. The van der Waals surface area contributed by atoms with Crippen molar-refractivity contribution in [1.82, 2.24) is 0 Å². The van der Waals surface area contributed by atoms with Crippen molar-refractivity contribution in [2.24, 2.45) is 23.7 Å². The molecule has 0 spiro atoms. The van der Waals surface area contributed by atoms with Gasteiger partial charge in [-0.1, -0.05) is 47.5 Å². The summed E-state index contributed by atoms with van der Waals surface area (Å²) in [7, 11) is 0. The third-order valence-corrected chi connectivity index (χ3v) is 3.51. The van der Waals surface area contributed by atoms with Gasteiger partial charge in [0.25, 0.3) is 0 Å². The SMILES string of the molecule is CCC[C@H](C)C[C@@H](C)C[C@H](C)C[C@@H](C)CO. The Balaban J connectivity index is 3.72. The summed E-state index contributed by atoms with van der Waals surface area (Å²) in [5, 5.41) is 9.03. The summed E-state index contributed by atoms with van der Waals surface area (Å²) in [6, 6.07) is 0.